The molecule has 3 rings (SSSR count). The maximum absolute atomic E-state index is 12.2. The largest absolute Gasteiger partial charge is 0.435 e. The van der Waals surface area contributed by atoms with E-state index in [-0.39, 0.29) is 11.4 Å². The van der Waals surface area contributed by atoms with Crippen molar-refractivity contribution in [1.82, 2.24) is 10.4 Å². The number of nitrogens with zero attached hydrogens (tertiary/aromatic N) is 1. The van der Waals surface area contributed by atoms with Gasteiger partial charge in [-0.25, -0.2) is 5.43 Å². The second-order valence-electron chi connectivity index (χ2n) is 5.01. The molecular formula is C17H12ClF2N3O2. The first-order valence-corrected chi connectivity index (χ1v) is 7.57. The highest BCUT2D eigenvalue weighted by Crippen LogP contribution is 2.26. The number of benzene rings is 2. The molecule has 1 heterocycles. The molecular weight excluding hydrogens is 352 g/mol. The molecule has 3 aromatic rings. The smallest absolute Gasteiger partial charge is 0.387 e. The number of nitrogens with one attached hydrogen (secondary N) is 2. The number of hydrazone groups is 1. The maximum Gasteiger partial charge on any atom is 0.387 e. The van der Waals surface area contributed by atoms with Gasteiger partial charge in [0.25, 0.3) is 5.91 Å². The lowest BCUT2D eigenvalue weighted by atomic mass is 10.2. The SMILES string of the molecule is O=C(NN=Cc1ccc(OC(F)F)cc1)c1[nH]c2ccccc2c1Cl. The normalized spacial score (nSPS) is 11.4. The van der Waals surface area contributed by atoms with Crippen LogP contribution in [-0.4, -0.2) is 23.7 Å². The molecule has 1 aromatic heterocycles. The molecule has 0 atom stereocenters. The summed E-state index contributed by atoms with van der Waals surface area (Å²) in [5, 5.41) is 4.89. The predicted octanol–water partition coefficient (Wildman–Crippen LogP) is 4.19. The molecule has 0 aliphatic rings. The van der Waals surface area contributed by atoms with Crippen LogP contribution in [0, 0.1) is 0 Å². The van der Waals surface area contributed by atoms with Gasteiger partial charge < -0.3 is 9.72 Å². The van der Waals surface area contributed by atoms with Gasteiger partial charge in [-0.2, -0.15) is 13.9 Å². The predicted molar refractivity (Wildman–Crippen MR) is 91.4 cm³/mol. The molecule has 5 nitrogen and oxygen atoms in total. The minimum Gasteiger partial charge on any atom is -0.435 e. The first kappa shape index (κ1) is 16.9. The molecule has 0 saturated carbocycles. The Labute approximate surface area is 146 Å². The number of carbonyl (C=O) groups is 1. The second-order valence-corrected chi connectivity index (χ2v) is 5.38. The van der Waals surface area contributed by atoms with Crippen LogP contribution >= 0.6 is 11.6 Å². The van der Waals surface area contributed by atoms with Gasteiger partial charge in [0, 0.05) is 10.9 Å². The summed E-state index contributed by atoms with van der Waals surface area (Å²) in [4.78, 5) is 15.1. The van der Waals surface area contributed by atoms with Crippen molar-refractivity contribution in [2.24, 2.45) is 5.10 Å². The first-order chi connectivity index (χ1) is 12.0. The highest BCUT2D eigenvalue weighted by Gasteiger charge is 2.15. The van der Waals surface area contributed by atoms with E-state index in [4.69, 9.17) is 11.6 Å². The molecule has 0 spiro atoms. The summed E-state index contributed by atoms with van der Waals surface area (Å²) in [5.41, 5.74) is 3.92. The molecule has 0 aliphatic carbocycles. The number of para-hydroxylation sites is 1. The van der Waals surface area contributed by atoms with Crippen molar-refractivity contribution in [1.29, 1.82) is 0 Å². The van der Waals surface area contributed by atoms with Crippen LogP contribution < -0.4 is 10.2 Å². The monoisotopic (exact) mass is 363 g/mol. The quantitative estimate of drug-likeness (QED) is 0.527. The van der Waals surface area contributed by atoms with Gasteiger partial charge in [0.2, 0.25) is 0 Å². The van der Waals surface area contributed by atoms with E-state index in [9.17, 15) is 13.6 Å². The lowest BCUT2D eigenvalue weighted by molar-refractivity contribution is -0.0498. The number of rotatable bonds is 5. The number of hydrogen-bond donors (Lipinski definition) is 2. The molecule has 0 saturated heterocycles. The van der Waals surface area contributed by atoms with Gasteiger partial charge in [-0.05, 0) is 35.9 Å². The molecule has 0 unspecified atom stereocenters. The van der Waals surface area contributed by atoms with Crippen LogP contribution in [0.5, 0.6) is 5.75 Å². The van der Waals surface area contributed by atoms with Gasteiger partial charge in [0.15, 0.2) is 0 Å². The fourth-order valence-electron chi connectivity index (χ4n) is 2.22. The Kier molecular flexibility index (Phi) is 4.95. The van der Waals surface area contributed by atoms with Gasteiger partial charge in [-0.15, -0.1) is 0 Å². The van der Waals surface area contributed by atoms with Crippen molar-refractivity contribution in [3.63, 3.8) is 0 Å². The standard InChI is InChI=1S/C17H12ClF2N3O2/c18-14-12-3-1-2-4-13(12)22-15(14)16(24)23-21-9-10-5-7-11(8-6-10)25-17(19)20/h1-9,17,22H,(H,23,24). The number of halogens is 3. The van der Waals surface area contributed by atoms with Crippen molar-refractivity contribution in [2.45, 2.75) is 6.61 Å². The zero-order valence-corrected chi connectivity index (χ0v) is 13.4. The lowest BCUT2D eigenvalue weighted by Crippen LogP contribution is -2.18. The Balaban J connectivity index is 1.67. The third-order valence-electron chi connectivity index (χ3n) is 3.35. The second kappa shape index (κ2) is 7.31. The van der Waals surface area contributed by atoms with Gasteiger partial charge in [-0.3, -0.25) is 4.79 Å². The minimum absolute atomic E-state index is 0.0426. The van der Waals surface area contributed by atoms with Crippen LogP contribution in [0.4, 0.5) is 8.78 Å². The Morgan fingerprint density at radius 3 is 2.60 bits per heavy atom. The third-order valence-corrected chi connectivity index (χ3v) is 3.75. The van der Waals surface area contributed by atoms with E-state index < -0.39 is 12.5 Å². The van der Waals surface area contributed by atoms with Crippen molar-refractivity contribution >= 4 is 34.6 Å². The summed E-state index contributed by atoms with van der Waals surface area (Å²) < 4.78 is 28.4. The fourth-order valence-corrected chi connectivity index (χ4v) is 2.52. The van der Waals surface area contributed by atoms with E-state index >= 15 is 0 Å². The number of carbonyl (C=O) groups excluding carboxylic acids is 1. The number of alkyl halides is 2. The highest BCUT2D eigenvalue weighted by atomic mass is 35.5. The van der Waals surface area contributed by atoms with Crippen LogP contribution in [0.25, 0.3) is 10.9 Å². The molecule has 25 heavy (non-hydrogen) atoms. The Morgan fingerprint density at radius 2 is 1.92 bits per heavy atom. The van der Waals surface area contributed by atoms with E-state index in [1.807, 2.05) is 18.2 Å². The van der Waals surface area contributed by atoms with Gasteiger partial charge in [0.1, 0.15) is 11.4 Å². The van der Waals surface area contributed by atoms with Crippen LogP contribution in [0.2, 0.25) is 5.02 Å². The number of hydrogen-bond acceptors (Lipinski definition) is 3. The first-order valence-electron chi connectivity index (χ1n) is 7.19. The zero-order chi connectivity index (χ0) is 17.8. The summed E-state index contributed by atoms with van der Waals surface area (Å²) in [5.74, 6) is -0.448. The lowest BCUT2D eigenvalue weighted by Gasteiger charge is -2.03. The molecule has 2 N–H and O–H groups in total. The number of ether oxygens (including phenoxy) is 1. The molecule has 0 fully saturated rings. The summed E-state index contributed by atoms with van der Waals surface area (Å²) in [6.07, 6.45) is 1.38. The molecule has 0 radical (unpaired) electrons. The topological polar surface area (TPSA) is 66.5 Å². The number of aromatic amines is 1. The Morgan fingerprint density at radius 1 is 1.20 bits per heavy atom. The molecule has 1 amide bonds. The van der Waals surface area contributed by atoms with Crippen molar-refractivity contribution in [3.8, 4) is 5.75 Å². The van der Waals surface area contributed by atoms with E-state index in [0.29, 0.717) is 10.6 Å². The molecule has 8 heteroatoms. The fraction of sp³-hybridized carbons (Fsp3) is 0.0588. The molecule has 0 bridgehead atoms. The van der Waals surface area contributed by atoms with E-state index in [1.165, 1.54) is 30.5 Å². The maximum atomic E-state index is 12.2. The summed E-state index contributed by atoms with van der Waals surface area (Å²) in [6.45, 7) is -2.88. The zero-order valence-electron chi connectivity index (χ0n) is 12.7. The van der Waals surface area contributed by atoms with E-state index in [2.05, 4.69) is 20.2 Å². The van der Waals surface area contributed by atoms with Crippen LogP contribution in [0.1, 0.15) is 16.1 Å². The Hall–Kier alpha value is -2.93. The number of aromatic nitrogens is 1. The number of H-pyrrole nitrogens is 1. The summed E-state index contributed by atoms with van der Waals surface area (Å²) in [6, 6.07) is 13.1. The molecule has 0 aliphatic heterocycles. The van der Waals surface area contributed by atoms with E-state index in [0.717, 1.165) is 10.9 Å². The van der Waals surface area contributed by atoms with Gasteiger partial charge >= 0.3 is 6.61 Å². The molecule has 2 aromatic carbocycles. The van der Waals surface area contributed by atoms with Crippen molar-refractivity contribution in [3.05, 3.63) is 64.8 Å². The Bertz CT molecular complexity index is 923. The summed E-state index contributed by atoms with van der Waals surface area (Å²) >= 11 is 6.19. The number of fused-ring (bicyclic) bond motifs is 1. The van der Waals surface area contributed by atoms with Crippen LogP contribution in [0.3, 0.4) is 0 Å². The van der Waals surface area contributed by atoms with Crippen molar-refractivity contribution < 1.29 is 18.3 Å². The average Bonchev–Trinajstić information content (AvgIpc) is 2.93. The van der Waals surface area contributed by atoms with Gasteiger partial charge in [-0.1, -0.05) is 29.8 Å². The third kappa shape index (κ3) is 3.95. The average molecular weight is 364 g/mol. The van der Waals surface area contributed by atoms with Crippen LogP contribution in [0.15, 0.2) is 53.6 Å². The molecule has 128 valence electrons. The van der Waals surface area contributed by atoms with Crippen LogP contribution in [-0.2, 0) is 0 Å². The van der Waals surface area contributed by atoms with E-state index in [1.54, 1.807) is 6.07 Å². The number of amides is 1. The highest BCUT2D eigenvalue weighted by molar-refractivity contribution is 6.38. The van der Waals surface area contributed by atoms with Gasteiger partial charge in [0.05, 0.1) is 11.2 Å². The summed E-state index contributed by atoms with van der Waals surface area (Å²) in [7, 11) is 0. The minimum atomic E-state index is -2.88. The van der Waals surface area contributed by atoms with Crippen molar-refractivity contribution in [2.75, 3.05) is 0 Å².